The molecular formula is C24H24N2O4S. The number of aryl methyl sites for hydroxylation is 1. The number of carbonyl (C=O) groups excluding carboxylic acids is 1. The molecule has 0 radical (unpaired) electrons. The van der Waals surface area contributed by atoms with Crippen LogP contribution in [0.3, 0.4) is 0 Å². The number of hydrogen-bond donors (Lipinski definition) is 1. The number of benzene rings is 3. The number of hydrogen-bond acceptors (Lipinski definition) is 4. The molecule has 0 atom stereocenters. The minimum Gasteiger partial charge on any atom is -0.494 e. The lowest BCUT2D eigenvalue weighted by molar-refractivity contribution is 0.0986. The number of fused-ring (bicyclic) bond motifs is 1. The molecule has 160 valence electrons. The van der Waals surface area contributed by atoms with Gasteiger partial charge >= 0.3 is 0 Å². The third-order valence-electron chi connectivity index (χ3n) is 5.20. The van der Waals surface area contributed by atoms with Gasteiger partial charge in [-0.1, -0.05) is 30.3 Å². The van der Waals surface area contributed by atoms with Crippen molar-refractivity contribution in [2.75, 3.05) is 22.8 Å². The summed E-state index contributed by atoms with van der Waals surface area (Å²) in [6.45, 7) is 2.95. The molecule has 1 N–H and O–H groups in total. The maximum atomic E-state index is 13.4. The van der Waals surface area contributed by atoms with Gasteiger partial charge in [0.15, 0.2) is 0 Å². The molecule has 0 bridgehead atoms. The number of ether oxygens (including phenoxy) is 1. The van der Waals surface area contributed by atoms with E-state index >= 15 is 0 Å². The van der Waals surface area contributed by atoms with Gasteiger partial charge in [0.1, 0.15) is 5.75 Å². The number of amides is 1. The molecule has 6 nitrogen and oxygen atoms in total. The Kier molecular flexibility index (Phi) is 5.95. The number of nitrogens with zero attached hydrogens (tertiary/aromatic N) is 1. The number of rotatable bonds is 6. The van der Waals surface area contributed by atoms with Gasteiger partial charge in [-0.2, -0.15) is 0 Å². The molecule has 1 aliphatic rings. The Labute approximate surface area is 182 Å². The minimum absolute atomic E-state index is 0.0986. The van der Waals surface area contributed by atoms with Crippen LogP contribution in [0.1, 0.15) is 29.3 Å². The summed E-state index contributed by atoms with van der Waals surface area (Å²) in [5.74, 6) is 0.373. The summed E-state index contributed by atoms with van der Waals surface area (Å²) in [7, 11) is -3.87. The maximum Gasteiger partial charge on any atom is 0.261 e. The predicted molar refractivity (Wildman–Crippen MR) is 121 cm³/mol. The molecular weight excluding hydrogens is 412 g/mol. The maximum absolute atomic E-state index is 13.4. The monoisotopic (exact) mass is 436 g/mol. The van der Waals surface area contributed by atoms with Crippen LogP contribution < -0.4 is 14.4 Å². The molecule has 0 saturated carbocycles. The van der Waals surface area contributed by atoms with Crippen LogP contribution in [0.4, 0.5) is 11.4 Å². The van der Waals surface area contributed by atoms with Gasteiger partial charge in [-0.25, -0.2) is 8.42 Å². The largest absolute Gasteiger partial charge is 0.494 e. The van der Waals surface area contributed by atoms with Gasteiger partial charge in [0.25, 0.3) is 15.9 Å². The summed E-state index contributed by atoms with van der Waals surface area (Å²) in [5.41, 5.74) is 2.57. The van der Waals surface area contributed by atoms with Crippen LogP contribution in [-0.2, 0) is 16.4 Å². The molecule has 0 aromatic heterocycles. The van der Waals surface area contributed by atoms with Crippen LogP contribution >= 0.6 is 0 Å². The summed E-state index contributed by atoms with van der Waals surface area (Å²) in [6, 6.07) is 20.7. The molecule has 0 saturated heterocycles. The Morgan fingerprint density at radius 3 is 2.48 bits per heavy atom. The summed E-state index contributed by atoms with van der Waals surface area (Å²) in [5, 5.41) is 0. The topological polar surface area (TPSA) is 75.7 Å². The first-order valence-electron chi connectivity index (χ1n) is 10.2. The first-order valence-corrected chi connectivity index (χ1v) is 11.7. The van der Waals surface area contributed by atoms with Crippen molar-refractivity contribution in [2.45, 2.75) is 24.7 Å². The third-order valence-corrected chi connectivity index (χ3v) is 6.58. The highest BCUT2D eigenvalue weighted by Gasteiger charge is 2.26. The number of carbonyl (C=O) groups is 1. The van der Waals surface area contributed by atoms with Crippen molar-refractivity contribution in [3.05, 3.63) is 83.9 Å². The standard InChI is InChI=1S/C24H24N2O4S/c1-2-30-19-13-15-20(16-14-19)31(28,29)25-22-11-5-4-10-21(22)24(27)26-17-7-9-18-8-3-6-12-23(18)26/h3-6,8,10-16,25H,2,7,9,17H2,1H3. The van der Waals surface area contributed by atoms with Crippen molar-refractivity contribution in [3.63, 3.8) is 0 Å². The zero-order valence-corrected chi connectivity index (χ0v) is 18.1. The smallest absolute Gasteiger partial charge is 0.261 e. The van der Waals surface area contributed by atoms with Gasteiger partial charge in [-0.05, 0) is 67.8 Å². The molecule has 31 heavy (non-hydrogen) atoms. The molecule has 1 aliphatic heterocycles. The molecule has 1 amide bonds. The van der Waals surface area contributed by atoms with E-state index in [9.17, 15) is 13.2 Å². The molecule has 3 aromatic carbocycles. The first-order chi connectivity index (χ1) is 15.0. The quantitative estimate of drug-likeness (QED) is 0.618. The van der Waals surface area contributed by atoms with Crippen molar-refractivity contribution in [3.8, 4) is 5.75 Å². The first kappa shape index (κ1) is 20.9. The van der Waals surface area contributed by atoms with E-state index in [1.54, 1.807) is 41.3 Å². The van der Waals surface area contributed by atoms with Crippen molar-refractivity contribution < 1.29 is 17.9 Å². The summed E-state index contributed by atoms with van der Waals surface area (Å²) >= 11 is 0. The average Bonchev–Trinajstić information content (AvgIpc) is 2.79. The molecule has 3 aromatic rings. The second-order valence-corrected chi connectivity index (χ2v) is 8.93. The average molecular weight is 437 g/mol. The summed E-state index contributed by atoms with van der Waals surface area (Å²) < 4.78 is 33.8. The summed E-state index contributed by atoms with van der Waals surface area (Å²) in [6.07, 6.45) is 1.79. The van der Waals surface area contributed by atoms with Crippen LogP contribution in [0.25, 0.3) is 0 Å². The number of sulfonamides is 1. The lowest BCUT2D eigenvalue weighted by Crippen LogP contribution is -2.36. The zero-order chi connectivity index (χ0) is 21.8. The lowest BCUT2D eigenvalue weighted by atomic mass is 10.0. The van der Waals surface area contributed by atoms with Crippen molar-refractivity contribution in [2.24, 2.45) is 0 Å². The summed E-state index contributed by atoms with van der Waals surface area (Å²) in [4.78, 5) is 15.2. The number of nitrogens with one attached hydrogen (secondary N) is 1. The lowest BCUT2D eigenvalue weighted by Gasteiger charge is -2.30. The molecule has 1 heterocycles. The highest BCUT2D eigenvalue weighted by atomic mass is 32.2. The van der Waals surface area contributed by atoms with Crippen molar-refractivity contribution in [1.82, 2.24) is 0 Å². The minimum atomic E-state index is -3.87. The molecule has 0 unspecified atom stereocenters. The van der Waals surface area contributed by atoms with E-state index in [1.807, 2.05) is 31.2 Å². The van der Waals surface area contributed by atoms with E-state index in [2.05, 4.69) is 4.72 Å². The van der Waals surface area contributed by atoms with Gasteiger partial charge < -0.3 is 9.64 Å². The molecule has 4 rings (SSSR count). The molecule has 0 spiro atoms. The SMILES string of the molecule is CCOc1ccc(S(=O)(=O)Nc2ccccc2C(=O)N2CCCc3ccccc32)cc1. The second-order valence-electron chi connectivity index (χ2n) is 7.24. The van der Waals surface area contributed by atoms with Crippen LogP contribution in [0, 0.1) is 0 Å². The Hall–Kier alpha value is -3.32. The Morgan fingerprint density at radius 2 is 1.71 bits per heavy atom. The normalized spacial score (nSPS) is 13.4. The van der Waals surface area contributed by atoms with E-state index < -0.39 is 10.0 Å². The van der Waals surface area contributed by atoms with Gasteiger partial charge in [-0.15, -0.1) is 0 Å². The fraction of sp³-hybridized carbons (Fsp3) is 0.208. The van der Waals surface area contributed by atoms with Crippen LogP contribution in [0.15, 0.2) is 77.7 Å². The Morgan fingerprint density at radius 1 is 1.00 bits per heavy atom. The molecule has 7 heteroatoms. The fourth-order valence-corrected chi connectivity index (χ4v) is 4.81. The number of anilines is 2. The number of para-hydroxylation sites is 2. The van der Waals surface area contributed by atoms with E-state index in [4.69, 9.17) is 4.74 Å². The van der Waals surface area contributed by atoms with Crippen molar-refractivity contribution in [1.29, 1.82) is 0 Å². The van der Waals surface area contributed by atoms with Crippen LogP contribution in [0.5, 0.6) is 5.75 Å². The highest BCUT2D eigenvalue weighted by molar-refractivity contribution is 7.92. The fourth-order valence-electron chi connectivity index (χ4n) is 3.73. The van der Waals surface area contributed by atoms with Gasteiger partial charge in [0.2, 0.25) is 0 Å². The molecule has 0 aliphatic carbocycles. The van der Waals surface area contributed by atoms with Crippen LogP contribution in [0.2, 0.25) is 0 Å². The Bertz CT molecular complexity index is 1190. The van der Waals surface area contributed by atoms with Crippen LogP contribution in [-0.4, -0.2) is 27.5 Å². The molecule has 0 fully saturated rings. The second kappa shape index (κ2) is 8.81. The van der Waals surface area contributed by atoms with Gasteiger partial charge in [0.05, 0.1) is 22.8 Å². The van der Waals surface area contributed by atoms with Gasteiger partial charge in [0, 0.05) is 12.2 Å². The van der Waals surface area contributed by atoms with E-state index in [0.29, 0.717) is 24.5 Å². The Balaban J connectivity index is 1.63. The third kappa shape index (κ3) is 4.41. The van der Waals surface area contributed by atoms with E-state index in [1.165, 1.54) is 12.1 Å². The van der Waals surface area contributed by atoms with E-state index in [0.717, 1.165) is 24.1 Å². The highest BCUT2D eigenvalue weighted by Crippen LogP contribution is 2.30. The van der Waals surface area contributed by atoms with Gasteiger partial charge in [-0.3, -0.25) is 9.52 Å². The van der Waals surface area contributed by atoms with E-state index in [-0.39, 0.29) is 16.5 Å². The van der Waals surface area contributed by atoms with Crippen molar-refractivity contribution >= 4 is 27.3 Å². The zero-order valence-electron chi connectivity index (χ0n) is 17.2. The predicted octanol–water partition coefficient (Wildman–Crippen LogP) is 4.48.